The average Bonchev–Trinajstić information content (AvgIpc) is 2.36. The Morgan fingerprint density at radius 3 is 2.14 bits per heavy atom. The van der Waals surface area contributed by atoms with Gasteiger partial charge in [0.2, 0.25) is 5.91 Å². The molecule has 0 unspecified atom stereocenters. The number of benzene rings is 1. The largest absolute Gasteiger partial charge is 0.368 e. The maximum atomic E-state index is 12.2. The van der Waals surface area contributed by atoms with Gasteiger partial charge >= 0.3 is 0 Å². The first-order valence-corrected chi connectivity index (χ1v) is 6.96. The molecule has 0 saturated heterocycles. The summed E-state index contributed by atoms with van der Waals surface area (Å²) in [7, 11) is 0. The van der Waals surface area contributed by atoms with Crippen LogP contribution >= 0.6 is 0 Å². The van der Waals surface area contributed by atoms with Gasteiger partial charge < -0.3 is 11.1 Å². The summed E-state index contributed by atoms with van der Waals surface area (Å²) in [5, 5.41) is 2.65. The van der Waals surface area contributed by atoms with E-state index in [-0.39, 0.29) is 11.3 Å². The van der Waals surface area contributed by atoms with E-state index in [1.54, 1.807) is 19.1 Å². The van der Waals surface area contributed by atoms with E-state index in [9.17, 15) is 9.59 Å². The Morgan fingerprint density at radius 1 is 1.24 bits per heavy atom. The maximum absolute atomic E-state index is 12.2. The smallest absolute Gasteiger partial charge is 0.251 e. The van der Waals surface area contributed by atoms with Crippen LogP contribution in [-0.4, -0.2) is 17.9 Å². The minimum absolute atomic E-state index is 0.0325. The first kappa shape index (κ1) is 17.0. The van der Waals surface area contributed by atoms with E-state index in [0.29, 0.717) is 12.0 Å². The van der Waals surface area contributed by atoms with Crippen LogP contribution in [0.15, 0.2) is 36.4 Å². The van der Waals surface area contributed by atoms with E-state index in [4.69, 9.17) is 5.73 Å². The third-order valence-electron chi connectivity index (χ3n) is 3.21. The molecule has 1 rings (SSSR count). The average molecular weight is 288 g/mol. The van der Waals surface area contributed by atoms with Crippen molar-refractivity contribution in [2.75, 3.05) is 0 Å². The number of amides is 2. The highest BCUT2D eigenvalue weighted by Crippen LogP contribution is 2.22. The lowest BCUT2D eigenvalue weighted by Crippen LogP contribution is -2.44. The van der Waals surface area contributed by atoms with Crippen molar-refractivity contribution in [2.45, 2.75) is 45.6 Å². The lowest BCUT2D eigenvalue weighted by molar-refractivity contribution is -0.119. The Kier molecular flexibility index (Phi) is 5.30. The summed E-state index contributed by atoms with van der Waals surface area (Å²) in [5.41, 5.74) is 7.78. The van der Waals surface area contributed by atoms with Crippen molar-refractivity contribution < 1.29 is 9.59 Å². The van der Waals surface area contributed by atoms with Crippen LogP contribution in [-0.2, 0) is 10.2 Å². The lowest BCUT2D eigenvalue weighted by atomic mass is 9.86. The number of rotatable bonds is 5. The molecule has 0 aliphatic carbocycles. The van der Waals surface area contributed by atoms with Gasteiger partial charge in [-0.05, 0) is 36.5 Å². The van der Waals surface area contributed by atoms with E-state index in [2.05, 4.69) is 32.7 Å². The molecule has 0 radical (unpaired) electrons. The highest BCUT2D eigenvalue weighted by atomic mass is 16.2. The number of primary amides is 1. The molecule has 0 spiro atoms. The number of carbonyl (C=O) groups is 2. The molecule has 0 bridgehead atoms. The fourth-order valence-corrected chi connectivity index (χ4v) is 1.93. The number of hydrogen-bond acceptors (Lipinski definition) is 2. The summed E-state index contributed by atoms with van der Waals surface area (Å²) < 4.78 is 0. The van der Waals surface area contributed by atoms with Crippen LogP contribution < -0.4 is 11.1 Å². The van der Waals surface area contributed by atoms with Crippen molar-refractivity contribution in [2.24, 2.45) is 5.73 Å². The topological polar surface area (TPSA) is 72.2 Å². The van der Waals surface area contributed by atoms with Gasteiger partial charge in [0.15, 0.2) is 0 Å². The fraction of sp³-hybridized carbons (Fsp3) is 0.412. The van der Waals surface area contributed by atoms with Crippen LogP contribution in [0.2, 0.25) is 0 Å². The molecule has 4 heteroatoms. The summed E-state index contributed by atoms with van der Waals surface area (Å²) in [6, 6.07) is 6.64. The Bertz CT molecular complexity index is 539. The molecule has 1 atom stereocenters. The van der Waals surface area contributed by atoms with E-state index < -0.39 is 11.9 Å². The zero-order valence-corrected chi connectivity index (χ0v) is 13.2. The van der Waals surface area contributed by atoms with Gasteiger partial charge in [-0.2, -0.15) is 0 Å². The molecule has 21 heavy (non-hydrogen) atoms. The Labute approximate surface area is 126 Å². The highest BCUT2D eigenvalue weighted by Gasteiger charge is 2.19. The zero-order valence-electron chi connectivity index (χ0n) is 13.2. The molecule has 0 heterocycles. The van der Waals surface area contributed by atoms with Crippen LogP contribution in [0.5, 0.6) is 0 Å². The van der Waals surface area contributed by atoms with Gasteiger partial charge in [0.25, 0.3) is 5.91 Å². The highest BCUT2D eigenvalue weighted by molar-refractivity contribution is 5.97. The van der Waals surface area contributed by atoms with Gasteiger partial charge in [-0.1, -0.05) is 38.5 Å². The van der Waals surface area contributed by atoms with Crippen molar-refractivity contribution in [3.63, 3.8) is 0 Å². The molecule has 1 aromatic rings. The van der Waals surface area contributed by atoms with Crippen LogP contribution in [0.1, 0.15) is 50.0 Å². The van der Waals surface area contributed by atoms with Crippen LogP contribution in [0.25, 0.3) is 0 Å². The molecule has 0 saturated carbocycles. The van der Waals surface area contributed by atoms with Crippen molar-refractivity contribution in [1.82, 2.24) is 5.32 Å². The summed E-state index contributed by atoms with van der Waals surface area (Å²) in [4.78, 5) is 23.5. The van der Waals surface area contributed by atoms with Crippen LogP contribution in [0.4, 0.5) is 0 Å². The third kappa shape index (κ3) is 5.06. The molecule has 0 aliphatic heterocycles. The fourth-order valence-electron chi connectivity index (χ4n) is 1.93. The number of hydrogen-bond donors (Lipinski definition) is 2. The van der Waals surface area contributed by atoms with Crippen molar-refractivity contribution >= 4 is 11.8 Å². The molecule has 0 aliphatic rings. The van der Waals surface area contributed by atoms with Gasteiger partial charge in [0.1, 0.15) is 6.04 Å². The maximum Gasteiger partial charge on any atom is 0.251 e. The second kappa shape index (κ2) is 6.57. The summed E-state index contributed by atoms with van der Waals surface area (Å²) >= 11 is 0. The summed E-state index contributed by atoms with van der Waals surface area (Å²) in [6.45, 7) is 11.9. The second-order valence-electron chi connectivity index (χ2n) is 6.42. The number of nitrogens with two attached hydrogens (primary N) is 1. The monoisotopic (exact) mass is 288 g/mol. The summed E-state index contributed by atoms with van der Waals surface area (Å²) in [6.07, 6.45) is 0.348. The van der Waals surface area contributed by atoms with Crippen molar-refractivity contribution in [1.29, 1.82) is 0 Å². The Hall–Kier alpha value is -2.10. The third-order valence-corrected chi connectivity index (χ3v) is 3.21. The summed E-state index contributed by atoms with van der Waals surface area (Å²) in [5.74, 6) is -0.863. The molecule has 114 valence electrons. The molecule has 2 amide bonds. The molecule has 0 fully saturated rings. The number of carbonyl (C=O) groups excluding carboxylic acids is 2. The van der Waals surface area contributed by atoms with Crippen molar-refractivity contribution in [3.05, 3.63) is 47.5 Å². The van der Waals surface area contributed by atoms with E-state index in [1.165, 1.54) is 0 Å². The van der Waals surface area contributed by atoms with E-state index in [0.717, 1.165) is 11.1 Å². The number of nitrogens with one attached hydrogen (secondary N) is 1. The van der Waals surface area contributed by atoms with Crippen LogP contribution in [0, 0.1) is 0 Å². The minimum atomic E-state index is -0.725. The first-order valence-electron chi connectivity index (χ1n) is 6.96. The quantitative estimate of drug-likeness (QED) is 0.817. The van der Waals surface area contributed by atoms with Crippen LogP contribution in [0.3, 0.4) is 0 Å². The SMILES string of the molecule is C=C(C)C[C@@H](NC(=O)c1ccc(C(C)(C)C)cc1)C(N)=O. The predicted octanol–water partition coefficient (Wildman–Crippen LogP) is 2.53. The molecule has 3 N–H and O–H groups in total. The van der Waals surface area contributed by atoms with E-state index >= 15 is 0 Å². The predicted molar refractivity (Wildman–Crippen MR) is 85.0 cm³/mol. The van der Waals surface area contributed by atoms with Gasteiger partial charge in [-0.25, -0.2) is 0 Å². The first-order chi connectivity index (χ1) is 9.61. The van der Waals surface area contributed by atoms with Gasteiger partial charge in [0.05, 0.1) is 0 Å². The zero-order chi connectivity index (χ0) is 16.2. The van der Waals surface area contributed by atoms with Gasteiger partial charge in [-0.3, -0.25) is 9.59 Å². The minimum Gasteiger partial charge on any atom is -0.368 e. The Balaban J connectivity index is 2.83. The van der Waals surface area contributed by atoms with Gasteiger partial charge in [0, 0.05) is 5.56 Å². The second-order valence-corrected chi connectivity index (χ2v) is 6.42. The standard InChI is InChI=1S/C17H24N2O2/c1-11(2)10-14(15(18)20)19-16(21)12-6-8-13(9-7-12)17(3,4)5/h6-9,14H,1,10H2,2-5H3,(H2,18,20)(H,19,21)/t14-/m1/s1. The Morgan fingerprint density at radius 2 is 1.76 bits per heavy atom. The molecular weight excluding hydrogens is 264 g/mol. The van der Waals surface area contributed by atoms with E-state index in [1.807, 2.05) is 12.1 Å². The molecular formula is C17H24N2O2. The normalized spacial score (nSPS) is 12.6. The molecule has 4 nitrogen and oxygen atoms in total. The van der Waals surface area contributed by atoms with Crippen molar-refractivity contribution in [3.8, 4) is 0 Å². The van der Waals surface area contributed by atoms with Gasteiger partial charge in [-0.15, -0.1) is 6.58 Å². The molecule has 1 aromatic carbocycles. The lowest BCUT2D eigenvalue weighted by Gasteiger charge is -2.19. The molecule has 0 aromatic heterocycles.